The zero-order valence-corrected chi connectivity index (χ0v) is 24.7. The lowest BCUT2D eigenvalue weighted by molar-refractivity contribution is -0.151. The fraction of sp³-hybridized carbons (Fsp3) is 0.630. The van der Waals surface area contributed by atoms with E-state index in [1.54, 1.807) is 0 Å². The van der Waals surface area contributed by atoms with E-state index in [2.05, 4.69) is 32.4 Å². The SMILES string of the molecule is Cc1nc(SCC(=O)OC(C)(C)C)c2cc(C#CCNCCCCCCNC(=O)OC(C)(C)C)sc2n1. The van der Waals surface area contributed by atoms with Gasteiger partial charge in [0.25, 0.3) is 0 Å². The number of hydrogen-bond acceptors (Lipinski definition) is 9. The average molecular weight is 549 g/mol. The lowest BCUT2D eigenvalue weighted by atomic mass is 10.2. The molecule has 0 aliphatic heterocycles. The Labute approximate surface area is 229 Å². The first-order valence-corrected chi connectivity index (χ1v) is 14.4. The third-order valence-corrected chi connectivity index (χ3v) is 6.50. The summed E-state index contributed by atoms with van der Waals surface area (Å²) in [6.45, 7) is 15.1. The molecule has 2 heterocycles. The van der Waals surface area contributed by atoms with Gasteiger partial charge in [0, 0.05) is 11.9 Å². The minimum Gasteiger partial charge on any atom is -0.459 e. The number of carbonyl (C=O) groups is 2. The number of rotatable bonds is 11. The third-order valence-electron chi connectivity index (χ3n) is 4.59. The predicted octanol–water partition coefficient (Wildman–Crippen LogP) is 5.46. The molecule has 0 aliphatic carbocycles. The van der Waals surface area contributed by atoms with Crippen LogP contribution in [0, 0.1) is 18.8 Å². The van der Waals surface area contributed by atoms with Crippen molar-refractivity contribution in [2.75, 3.05) is 25.4 Å². The minimum atomic E-state index is -0.506. The molecule has 0 fully saturated rings. The second-order valence-corrected chi connectivity index (χ2v) is 12.6. The van der Waals surface area contributed by atoms with E-state index in [0.29, 0.717) is 18.9 Å². The molecular formula is C27H40N4O4S2. The van der Waals surface area contributed by atoms with Gasteiger partial charge in [-0.1, -0.05) is 36.4 Å². The van der Waals surface area contributed by atoms with Crippen LogP contribution in [-0.2, 0) is 14.3 Å². The number of nitrogens with one attached hydrogen (secondary N) is 2. The summed E-state index contributed by atoms with van der Waals surface area (Å²) in [4.78, 5) is 34.6. The van der Waals surface area contributed by atoms with E-state index >= 15 is 0 Å². The molecule has 0 saturated heterocycles. The van der Waals surface area contributed by atoms with Crippen molar-refractivity contribution in [2.24, 2.45) is 0 Å². The second-order valence-electron chi connectivity index (χ2n) is 10.6. The van der Waals surface area contributed by atoms with Crippen molar-refractivity contribution in [3.05, 3.63) is 16.8 Å². The standard InChI is InChI=1S/C27H40N4O4S2/c1-19-30-23(36-18-22(32)34-26(2,3)4)21-17-20(37-24(21)31-19)13-12-15-28-14-10-8-9-11-16-29-25(33)35-27(5,6)7/h17,28H,8-11,14-16,18H2,1-7H3,(H,29,33). The molecule has 8 nitrogen and oxygen atoms in total. The van der Waals surface area contributed by atoms with Crippen LogP contribution in [0.4, 0.5) is 4.79 Å². The number of alkyl carbamates (subject to hydrolysis) is 1. The van der Waals surface area contributed by atoms with Gasteiger partial charge in [-0.2, -0.15) is 0 Å². The van der Waals surface area contributed by atoms with E-state index in [1.165, 1.54) is 23.1 Å². The van der Waals surface area contributed by atoms with Crippen molar-refractivity contribution in [1.29, 1.82) is 0 Å². The van der Waals surface area contributed by atoms with Crippen LogP contribution < -0.4 is 10.6 Å². The fourth-order valence-electron chi connectivity index (χ4n) is 3.18. The van der Waals surface area contributed by atoms with E-state index in [9.17, 15) is 9.59 Å². The van der Waals surface area contributed by atoms with Crippen molar-refractivity contribution < 1.29 is 19.1 Å². The van der Waals surface area contributed by atoms with E-state index in [-0.39, 0.29) is 17.8 Å². The summed E-state index contributed by atoms with van der Waals surface area (Å²) >= 11 is 2.90. The average Bonchev–Trinajstić information content (AvgIpc) is 3.16. The van der Waals surface area contributed by atoms with Gasteiger partial charge in [-0.05, 0) is 73.9 Å². The maximum atomic E-state index is 12.1. The Hall–Kier alpha value is -2.35. The van der Waals surface area contributed by atoms with Crippen LogP contribution in [0.15, 0.2) is 11.1 Å². The number of aromatic nitrogens is 2. The lowest BCUT2D eigenvalue weighted by Crippen LogP contribution is -2.33. The largest absolute Gasteiger partial charge is 0.459 e. The quantitative estimate of drug-likeness (QED) is 0.125. The molecule has 2 aromatic rings. The zero-order valence-electron chi connectivity index (χ0n) is 23.1. The third kappa shape index (κ3) is 13.1. The van der Waals surface area contributed by atoms with Crippen LogP contribution in [0.5, 0.6) is 0 Å². The highest BCUT2D eigenvalue weighted by Crippen LogP contribution is 2.31. The Balaban J connectivity index is 1.70. The summed E-state index contributed by atoms with van der Waals surface area (Å²) in [5, 5.41) is 7.83. The van der Waals surface area contributed by atoms with Crippen LogP contribution in [-0.4, -0.2) is 58.6 Å². The molecule has 0 saturated carbocycles. The number of thioether (sulfide) groups is 1. The zero-order chi connectivity index (χ0) is 27.5. The Morgan fingerprint density at radius 1 is 1.00 bits per heavy atom. The molecule has 0 spiro atoms. The summed E-state index contributed by atoms with van der Waals surface area (Å²) in [7, 11) is 0. The normalized spacial score (nSPS) is 11.6. The Kier molecular flexibility index (Phi) is 12.1. The van der Waals surface area contributed by atoms with Gasteiger partial charge in [-0.25, -0.2) is 14.8 Å². The molecule has 204 valence electrons. The number of ether oxygens (including phenoxy) is 2. The molecule has 1 amide bonds. The molecule has 37 heavy (non-hydrogen) atoms. The first-order valence-electron chi connectivity index (χ1n) is 12.6. The van der Waals surface area contributed by atoms with Crippen molar-refractivity contribution >= 4 is 45.4 Å². The summed E-state index contributed by atoms with van der Waals surface area (Å²) < 4.78 is 10.6. The van der Waals surface area contributed by atoms with Gasteiger partial charge in [0.15, 0.2) is 0 Å². The summed E-state index contributed by atoms with van der Waals surface area (Å²) in [5.41, 5.74) is -0.970. The van der Waals surface area contributed by atoms with Crippen LogP contribution in [0.2, 0.25) is 0 Å². The number of amides is 1. The van der Waals surface area contributed by atoms with Gasteiger partial charge in [0.05, 0.1) is 17.2 Å². The number of hydrogen-bond donors (Lipinski definition) is 2. The van der Waals surface area contributed by atoms with E-state index in [0.717, 1.165) is 52.3 Å². The highest BCUT2D eigenvalue weighted by Gasteiger charge is 2.18. The molecule has 0 aromatic carbocycles. The predicted molar refractivity (Wildman–Crippen MR) is 151 cm³/mol. The van der Waals surface area contributed by atoms with Gasteiger partial charge in [0.1, 0.15) is 26.9 Å². The first-order chi connectivity index (χ1) is 17.3. The van der Waals surface area contributed by atoms with Crippen molar-refractivity contribution in [2.45, 2.75) is 90.4 Å². The van der Waals surface area contributed by atoms with Gasteiger partial charge < -0.3 is 20.1 Å². The number of esters is 1. The monoisotopic (exact) mass is 548 g/mol. The molecule has 2 rings (SSSR count). The van der Waals surface area contributed by atoms with Crippen molar-refractivity contribution in [3.63, 3.8) is 0 Å². The maximum Gasteiger partial charge on any atom is 0.407 e. The molecule has 0 aliphatic rings. The molecule has 0 atom stereocenters. The summed E-state index contributed by atoms with van der Waals surface area (Å²) in [6.07, 6.45) is 3.79. The van der Waals surface area contributed by atoms with Crippen LogP contribution in [0.3, 0.4) is 0 Å². The highest BCUT2D eigenvalue weighted by molar-refractivity contribution is 8.00. The van der Waals surface area contributed by atoms with E-state index in [4.69, 9.17) is 9.47 Å². The molecule has 2 aromatic heterocycles. The molecule has 0 bridgehead atoms. The number of thiophene rings is 1. The Bertz CT molecular complexity index is 1110. The van der Waals surface area contributed by atoms with Gasteiger partial charge >= 0.3 is 12.1 Å². The Morgan fingerprint density at radius 2 is 1.68 bits per heavy atom. The number of fused-ring (bicyclic) bond motifs is 1. The van der Waals surface area contributed by atoms with Crippen molar-refractivity contribution in [1.82, 2.24) is 20.6 Å². The highest BCUT2D eigenvalue weighted by atomic mass is 32.2. The molecule has 2 N–H and O–H groups in total. The molecular weight excluding hydrogens is 508 g/mol. The summed E-state index contributed by atoms with van der Waals surface area (Å²) in [6, 6.07) is 2.00. The van der Waals surface area contributed by atoms with E-state index < -0.39 is 11.2 Å². The van der Waals surface area contributed by atoms with E-state index in [1.807, 2.05) is 54.5 Å². The van der Waals surface area contributed by atoms with Gasteiger partial charge in [-0.3, -0.25) is 4.79 Å². The lowest BCUT2D eigenvalue weighted by Gasteiger charge is -2.19. The first kappa shape index (κ1) is 30.9. The van der Waals surface area contributed by atoms with Gasteiger partial charge in [0.2, 0.25) is 0 Å². The van der Waals surface area contributed by atoms with Crippen molar-refractivity contribution in [3.8, 4) is 11.8 Å². The topological polar surface area (TPSA) is 102 Å². The molecule has 10 heteroatoms. The second kappa shape index (κ2) is 14.6. The smallest absolute Gasteiger partial charge is 0.407 e. The Morgan fingerprint density at radius 3 is 2.35 bits per heavy atom. The maximum absolute atomic E-state index is 12.1. The minimum absolute atomic E-state index is 0.198. The van der Waals surface area contributed by atoms with Crippen LogP contribution in [0.1, 0.15) is 77.9 Å². The number of nitrogens with zero attached hydrogens (tertiary/aromatic N) is 2. The number of unbranched alkanes of at least 4 members (excludes halogenated alkanes) is 3. The molecule has 0 unspecified atom stereocenters. The van der Waals surface area contributed by atoms with Crippen LogP contribution >= 0.6 is 23.1 Å². The van der Waals surface area contributed by atoms with Gasteiger partial charge in [-0.15, -0.1) is 11.3 Å². The fourth-order valence-corrected chi connectivity index (χ4v) is 5.02. The number of carbonyl (C=O) groups excluding carboxylic acids is 2. The summed E-state index contributed by atoms with van der Waals surface area (Å²) in [5.74, 6) is 6.99. The number of aryl methyl sites for hydroxylation is 1. The molecule has 0 radical (unpaired) electrons. The van der Waals surface area contributed by atoms with Crippen LogP contribution in [0.25, 0.3) is 10.2 Å².